The molecule has 0 radical (unpaired) electrons. The third-order valence-corrected chi connectivity index (χ3v) is 13.3. The molecule has 0 amide bonds. The number of anilines is 3. The fourth-order valence-corrected chi connectivity index (χ4v) is 10.3. The van der Waals surface area contributed by atoms with Gasteiger partial charge in [-0.2, -0.15) is 0 Å². The number of benzene rings is 3. The number of para-hydroxylation sites is 2. The highest BCUT2D eigenvalue weighted by Crippen LogP contribution is 2.59. The molecule has 6 aliphatic rings. The van der Waals surface area contributed by atoms with E-state index in [1.807, 2.05) is 0 Å². The summed E-state index contributed by atoms with van der Waals surface area (Å²) in [4.78, 5) is 5.55. The standard InChI is InChI=1S/C47H53BN2/c1-45(2,3)31-23-24-39-35(25-31)36-26-32(46(4,5)6)27-38-44(36)50(39)42-29-33(47(7,8)30-17-11-9-12-18-30)28-41-43(42)48(38)37-21-15-16-22-40(37)49(41)34-19-13-10-14-20-34/h9-11,13-17,19-24,26-29,31,35,39,41,43H,12,18,25H2,1-8H3. The summed E-state index contributed by atoms with van der Waals surface area (Å²) < 4.78 is 0. The van der Waals surface area contributed by atoms with E-state index in [1.54, 1.807) is 11.0 Å². The molecule has 0 saturated carbocycles. The van der Waals surface area contributed by atoms with Crippen molar-refractivity contribution >= 4 is 34.7 Å². The van der Waals surface area contributed by atoms with Crippen LogP contribution in [0.3, 0.4) is 0 Å². The molecule has 3 heterocycles. The maximum atomic E-state index is 2.86. The van der Waals surface area contributed by atoms with Crippen LogP contribution in [0, 0.1) is 16.7 Å². The van der Waals surface area contributed by atoms with E-state index in [0.717, 1.165) is 12.8 Å². The zero-order chi connectivity index (χ0) is 34.7. The van der Waals surface area contributed by atoms with Crippen LogP contribution >= 0.6 is 0 Å². The third-order valence-electron chi connectivity index (χ3n) is 13.3. The zero-order valence-corrected chi connectivity index (χ0v) is 31.4. The van der Waals surface area contributed by atoms with Gasteiger partial charge in [-0.1, -0.05) is 151 Å². The van der Waals surface area contributed by atoms with Gasteiger partial charge in [0.2, 0.25) is 6.71 Å². The maximum Gasteiger partial charge on any atom is 0.226 e. The van der Waals surface area contributed by atoms with Gasteiger partial charge in [-0.3, -0.25) is 0 Å². The molecule has 3 aliphatic heterocycles. The molecular weight excluding hydrogens is 603 g/mol. The van der Waals surface area contributed by atoms with Gasteiger partial charge in [0.25, 0.3) is 0 Å². The van der Waals surface area contributed by atoms with E-state index < -0.39 is 0 Å². The molecule has 0 bridgehead atoms. The van der Waals surface area contributed by atoms with Crippen molar-refractivity contribution in [1.29, 1.82) is 0 Å². The minimum absolute atomic E-state index is 0.0635. The molecule has 254 valence electrons. The first-order chi connectivity index (χ1) is 23.8. The van der Waals surface area contributed by atoms with Gasteiger partial charge in [-0.25, -0.2) is 0 Å². The second kappa shape index (κ2) is 11.0. The largest absolute Gasteiger partial charge is 0.338 e. The first kappa shape index (κ1) is 32.0. The summed E-state index contributed by atoms with van der Waals surface area (Å²) in [6.07, 6.45) is 21.0. The van der Waals surface area contributed by atoms with Crippen molar-refractivity contribution < 1.29 is 0 Å². The van der Waals surface area contributed by atoms with Gasteiger partial charge >= 0.3 is 0 Å². The Morgan fingerprint density at radius 3 is 2.26 bits per heavy atom. The molecule has 5 atom stereocenters. The summed E-state index contributed by atoms with van der Waals surface area (Å²) in [6, 6.07) is 26.3. The molecule has 3 aliphatic carbocycles. The molecule has 0 aromatic heterocycles. The van der Waals surface area contributed by atoms with Crippen LogP contribution in [0.5, 0.6) is 0 Å². The molecule has 3 aromatic carbocycles. The summed E-state index contributed by atoms with van der Waals surface area (Å²) in [6.45, 7) is 19.7. The van der Waals surface area contributed by atoms with Crippen LogP contribution in [0.25, 0.3) is 0 Å². The highest BCUT2D eigenvalue weighted by molar-refractivity contribution is 6.90. The van der Waals surface area contributed by atoms with E-state index in [1.165, 1.54) is 51.4 Å². The maximum absolute atomic E-state index is 2.86. The Bertz CT molecular complexity index is 2030. The summed E-state index contributed by atoms with van der Waals surface area (Å²) in [5.41, 5.74) is 15.0. The van der Waals surface area contributed by atoms with Gasteiger partial charge in [0.05, 0.1) is 12.1 Å². The van der Waals surface area contributed by atoms with Crippen LogP contribution in [0.15, 0.2) is 126 Å². The third kappa shape index (κ3) is 4.68. The Morgan fingerprint density at radius 2 is 1.54 bits per heavy atom. The van der Waals surface area contributed by atoms with E-state index in [2.05, 4.69) is 174 Å². The lowest BCUT2D eigenvalue weighted by Gasteiger charge is -2.54. The van der Waals surface area contributed by atoms with Crippen molar-refractivity contribution in [2.45, 2.75) is 104 Å². The number of hydrogen-bond donors (Lipinski definition) is 0. The van der Waals surface area contributed by atoms with Crippen LogP contribution in [0.4, 0.5) is 17.1 Å². The van der Waals surface area contributed by atoms with Gasteiger partial charge in [0, 0.05) is 39.9 Å². The van der Waals surface area contributed by atoms with Crippen molar-refractivity contribution in [2.24, 2.45) is 16.7 Å². The molecule has 9 rings (SSSR count). The Morgan fingerprint density at radius 1 is 0.780 bits per heavy atom. The van der Waals surface area contributed by atoms with Gasteiger partial charge < -0.3 is 9.80 Å². The fraction of sp³-hybridized carbons (Fsp3) is 0.404. The van der Waals surface area contributed by atoms with Crippen molar-refractivity contribution in [1.82, 2.24) is 0 Å². The lowest BCUT2D eigenvalue weighted by Crippen LogP contribution is -2.64. The first-order valence-corrected chi connectivity index (χ1v) is 19.2. The lowest BCUT2D eigenvalue weighted by molar-refractivity contribution is 0.251. The Hall–Kier alpha value is -3.98. The van der Waals surface area contributed by atoms with E-state index >= 15 is 0 Å². The van der Waals surface area contributed by atoms with Crippen molar-refractivity contribution in [2.75, 3.05) is 9.80 Å². The highest BCUT2D eigenvalue weighted by atomic mass is 15.2. The predicted octanol–water partition coefficient (Wildman–Crippen LogP) is 10.5. The molecule has 0 fully saturated rings. The molecule has 3 aromatic rings. The van der Waals surface area contributed by atoms with Crippen LogP contribution in [0.2, 0.25) is 5.82 Å². The van der Waals surface area contributed by atoms with Crippen LogP contribution in [-0.4, -0.2) is 18.8 Å². The quantitative estimate of drug-likeness (QED) is 0.205. The average molecular weight is 657 g/mol. The summed E-state index contributed by atoms with van der Waals surface area (Å²) in [5.74, 6) is 1.34. The van der Waals surface area contributed by atoms with E-state index in [4.69, 9.17) is 0 Å². The minimum atomic E-state index is -0.0738. The van der Waals surface area contributed by atoms with Gasteiger partial charge in [0.1, 0.15) is 0 Å². The predicted molar refractivity (Wildman–Crippen MR) is 215 cm³/mol. The molecule has 0 N–H and O–H groups in total. The monoisotopic (exact) mass is 656 g/mol. The van der Waals surface area contributed by atoms with Crippen molar-refractivity contribution in [3.8, 4) is 0 Å². The van der Waals surface area contributed by atoms with E-state index in [9.17, 15) is 0 Å². The molecule has 2 nitrogen and oxygen atoms in total. The van der Waals surface area contributed by atoms with Gasteiger partial charge in [0.15, 0.2) is 0 Å². The second-order valence-electron chi connectivity index (χ2n) is 18.5. The topological polar surface area (TPSA) is 6.48 Å². The SMILES string of the molecule is CC(C)(C1=CC2C3B(c4ccccc4N2c2ccccc2)c2cc(C(C)(C)C)cc4c2N(C3=C1)C1C=CC(C(C)(C)C)CC41)C1=CC=CCC1. The number of nitrogens with zero attached hydrogens (tertiary/aromatic N) is 2. The molecule has 50 heavy (non-hydrogen) atoms. The molecule has 3 heteroatoms. The molecule has 0 saturated heterocycles. The number of hydrogen-bond acceptors (Lipinski definition) is 2. The van der Waals surface area contributed by atoms with E-state index in [-0.39, 0.29) is 29.0 Å². The zero-order valence-electron chi connectivity index (χ0n) is 31.4. The van der Waals surface area contributed by atoms with Gasteiger partial charge in [-0.15, -0.1) is 0 Å². The Balaban J connectivity index is 1.35. The summed E-state index contributed by atoms with van der Waals surface area (Å²) in [5, 5.41) is 0. The Labute approximate surface area is 301 Å². The van der Waals surface area contributed by atoms with Crippen LogP contribution in [0.1, 0.15) is 91.7 Å². The first-order valence-electron chi connectivity index (χ1n) is 19.2. The fourth-order valence-electron chi connectivity index (χ4n) is 10.3. The van der Waals surface area contributed by atoms with Crippen LogP contribution < -0.4 is 20.7 Å². The summed E-state index contributed by atoms with van der Waals surface area (Å²) in [7, 11) is 0. The number of allylic oxidation sites excluding steroid dienone is 7. The smallest absolute Gasteiger partial charge is 0.226 e. The van der Waals surface area contributed by atoms with Crippen molar-refractivity contribution in [3.05, 3.63) is 137 Å². The molecule has 0 spiro atoms. The number of rotatable bonds is 3. The minimum Gasteiger partial charge on any atom is -0.338 e. The Kier molecular flexibility index (Phi) is 7.04. The summed E-state index contributed by atoms with van der Waals surface area (Å²) >= 11 is 0. The van der Waals surface area contributed by atoms with Crippen molar-refractivity contribution in [3.63, 3.8) is 0 Å². The van der Waals surface area contributed by atoms with Crippen LogP contribution in [-0.2, 0) is 5.41 Å². The van der Waals surface area contributed by atoms with E-state index in [0.29, 0.717) is 23.7 Å². The van der Waals surface area contributed by atoms with Gasteiger partial charge in [-0.05, 0) is 82.4 Å². The second-order valence-corrected chi connectivity index (χ2v) is 18.5. The number of fused-ring (bicyclic) bond motifs is 7. The molecular formula is C47H53BN2. The normalized spacial score (nSPS) is 26.4. The lowest BCUT2D eigenvalue weighted by atomic mass is 9.28. The molecule has 5 unspecified atom stereocenters. The highest BCUT2D eigenvalue weighted by Gasteiger charge is 2.57. The average Bonchev–Trinajstić information content (AvgIpc) is 3.44.